The molecule has 3 rings (SSSR count). The minimum atomic E-state index is -1.40. The van der Waals surface area contributed by atoms with Crippen molar-refractivity contribution >= 4 is 23.9 Å². The summed E-state index contributed by atoms with van der Waals surface area (Å²) in [5, 5.41) is 36.4. The molecule has 12 nitrogen and oxygen atoms in total. The summed E-state index contributed by atoms with van der Waals surface area (Å²) in [6, 6.07) is 11.2. The van der Waals surface area contributed by atoms with Crippen LogP contribution in [0.25, 0.3) is 0 Å². The number of aromatic carboxylic acids is 4. The molecule has 0 spiro atoms. The molecular weight excluding hydrogens is 452 g/mol. The standard InChI is InChI=1S/C22H16N2O10/c25-19(26)15-5-13(6-16(23-15)20(27)28)33-9-11-2-1-3-12(4-11)10-34-14-7-17(21(29)30)24-18(8-14)22(31)32/h1-8H,9-10H2,(H,25,26)(H,27,28)(H,29,30)(H,31,32). The van der Waals surface area contributed by atoms with Crippen molar-refractivity contribution in [3.63, 3.8) is 0 Å². The average molecular weight is 468 g/mol. The quantitative estimate of drug-likeness (QED) is 0.340. The van der Waals surface area contributed by atoms with E-state index in [4.69, 9.17) is 29.9 Å². The number of hydrogen-bond acceptors (Lipinski definition) is 8. The zero-order chi connectivity index (χ0) is 24.8. The van der Waals surface area contributed by atoms with E-state index in [0.717, 1.165) is 24.3 Å². The zero-order valence-corrected chi connectivity index (χ0v) is 17.2. The normalized spacial score (nSPS) is 10.4. The maximum atomic E-state index is 11.2. The predicted octanol–water partition coefficient (Wildman–Crippen LogP) is 2.43. The molecule has 1 aromatic carbocycles. The van der Waals surface area contributed by atoms with Gasteiger partial charge in [0, 0.05) is 24.3 Å². The summed E-state index contributed by atoms with van der Waals surface area (Å²) in [6.45, 7) is -0.0604. The highest BCUT2D eigenvalue weighted by Gasteiger charge is 2.15. The molecule has 0 atom stereocenters. The summed E-state index contributed by atoms with van der Waals surface area (Å²) in [7, 11) is 0. The highest BCUT2D eigenvalue weighted by molar-refractivity contribution is 5.91. The minimum Gasteiger partial charge on any atom is -0.489 e. The van der Waals surface area contributed by atoms with Crippen LogP contribution in [0.15, 0.2) is 48.5 Å². The van der Waals surface area contributed by atoms with Crippen molar-refractivity contribution < 1.29 is 49.1 Å². The van der Waals surface area contributed by atoms with Crippen LogP contribution in [-0.4, -0.2) is 54.3 Å². The first-order valence-electron chi connectivity index (χ1n) is 9.43. The fraction of sp³-hybridized carbons (Fsp3) is 0.0909. The molecule has 0 bridgehead atoms. The average Bonchev–Trinajstić information content (AvgIpc) is 2.81. The van der Waals surface area contributed by atoms with Crippen LogP contribution in [-0.2, 0) is 13.2 Å². The minimum absolute atomic E-state index is 0.00522. The molecule has 0 fully saturated rings. The molecule has 0 radical (unpaired) electrons. The van der Waals surface area contributed by atoms with Crippen molar-refractivity contribution in [2.45, 2.75) is 13.2 Å². The van der Waals surface area contributed by atoms with Crippen molar-refractivity contribution in [2.24, 2.45) is 0 Å². The third kappa shape index (κ3) is 6.03. The van der Waals surface area contributed by atoms with Crippen molar-refractivity contribution in [1.82, 2.24) is 9.97 Å². The van der Waals surface area contributed by atoms with E-state index in [1.54, 1.807) is 24.3 Å². The van der Waals surface area contributed by atoms with Gasteiger partial charge < -0.3 is 29.9 Å². The topological polar surface area (TPSA) is 193 Å². The highest BCUT2D eigenvalue weighted by Crippen LogP contribution is 2.19. The number of rotatable bonds is 10. The number of carboxylic acid groups (broad SMARTS) is 4. The molecule has 0 saturated carbocycles. The Kier molecular flexibility index (Phi) is 7.01. The Hall–Kier alpha value is -5.00. The Labute approximate surface area is 190 Å². The van der Waals surface area contributed by atoms with Gasteiger partial charge in [-0.05, 0) is 17.2 Å². The summed E-state index contributed by atoms with van der Waals surface area (Å²) >= 11 is 0. The van der Waals surface area contributed by atoms with Crippen LogP contribution in [0.4, 0.5) is 0 Å². The van der Waals surface area contributed by atoms with Crippen LogP contribution < -0.4 is 9.47 Å². The molecule has 0 aliphatic heterocycles. The van der Waals surface area contributed by atoms with E-state index in [-0.39, 0.29) is 24.7 Å². The Bertz CT molecular complexity index is 1130. The summed E-state index contributed by atoms with van der Waals surface area (Å²) < 4.78 is 11.1. The Balaban J connectivity index is 1.72. The van der Waals surface area contributed by atoms with Crippen molar-refractivity contribution in [3.8, 4) is 11.5 Å². The van der Waals surface area contributed by atoms with Gasteiger partial charge in [-0.3, -0.25) is 0 Å². The molecule has 0 amide bonds. The Morgan fingerprint density at radius 2 is 0.912 bits per heavy atom. The monoisotopic (exact) mass is 468 g/mol. The van der Waals surface area contributed by atoms with Gasteiger partial charge in [0.15, 0.2) is 22.8 Å². The van der Waals surface area contributed by atoms with Gasteiger partial charge in [-0.15, -0.1) is 0 Å². The van der Waals surface area contributed by atoms with E-state index < -0.39 is 46.7 Å². The number of aromatic nitrogens is 2. The molecular formula is C22H16N2O10. The molecule has 2 heterocycles. The molecule has 4 N–H and O–H groups in total. The fourth-order valence-electron chi connectivity index (χ4n) is 2.76. The molecule has 0 saturated heterocycles. The first-order valence-corrected chi connectivity index (χ1v) is 9.43. The SMILES string of the molecule is O=C(O)c1cc(OCc2cccc(COc3cc(C(=O)O)nc(C(=O)O)c3)c2)cc(C(=O)O)n1. The molecule has 2 aromatic heterocycles. The van der Waals surface area contributed by atoms with Crippen LogP contribution in [0.2, 0.25) is 0 Å². The van der Waals surface area contributed by atoms with Crippen molar-refractivity contribution in [1.29, 1.82) is 0 Å². The van der Waals surface area contributed by atoms with Crippen LogP contribution in [0.3, 0.4) is 0 Å². The van der Waals surface area contributed by atoms with E-state index in [9.17, 15) is 19.2 Å². The third-order valence-electron chi connectivity index (χ3n) is 4.28. The Morgan fingerprint density at radius 1 is 0.588 bits per heavy atom. The van der Waals surface area contributed by atoms with Gasteiger partial charge in [-0.1, -0.05) is 18.2 Å². The molecule has 12 heteroatoms. The van der Waals surface area contributed by atoms with Crippen LogP contribution in [0.1, 0.15) is 53.1 Å². The van der Waals surface area contributed by atoms with E-state index in [1.807, 2.05) is 0 Å². The third-order valence-corrected chi connectivity index (χ3v) is 4.28. The lowest BCUT2D eigenvalue weighted by Crippen LogP contribution is -2.09. The number of carboxylic acids is 4. The molecule has 0 unspecified atom stereocenters. The van der Waals surface area contributed by atoms with E-state index in [1.165, 1.54) is 0 Å². The van der Waals surface area contributed by atoms with Crippen LogP contribution in [0.5, 0.6) is 11.5 Å². The number of hydrogen-bond donors (Lipinski definition) is 4. The summed E-state index contributed by atoms with van der Waals surface area (Å²) in [5.41, 5.74) is -0.629. The predicted molar refractivity (Wildman–Crippen MR) is 111 cm³/mol. The number of ether oxygens (including phenoxy) is 2. The van der Waals surface area contributed by atoms with Gasteiger partial charge in [0.05, 0.1) is 0 Å². The van der Waals surface area contributed by atoms with Gasteiger partial charge in [0.25, 0.3) is 0 Å². The van der Waals surface area contributed by atoms with E-state index in [0.29, 0.717) is 11.1 Å². The molecule has 0 aliphatic rings. The summed E-state index contributed by atoms with van der Waals surface area (Å²) in [5.74, 6) is -5.60. The lowest BCUT2D eigenvalue weighted by molar-refractivity contribution is 0.0663. The summed E-state index contributed by atoms with van der Waals surface area (Å²) in [6.07, 6.45) is 0. The van der Waals surface area contributed by atoms with Gasteiger partial charge in [-0.25, -0.2) is 29.1 Å². The number of pyridine rings is 2. The largest absolute Gasteiger partial charge is 0.489 e. The van der Waals surface area contributed by atoms with Gasteiger partial charge in [-0.2, -0.15) is 0 Å². The first kappa shape index (κ1) is 23.7. The number of benzene rings is 1. The van der Waals surface area contributed by atoms with Crippen LogP contribution in [0, 0.1) is 0 Å². The number of nitrogens with zero attached hydrogens (tertiary/aromatic N) is 2. The van der Waals surface area contributed by atoms with Gasteiger partial charge >= 0.3 is 23.9 Å². The molecule has 3 aromatic rings. The molecule has 174 valence electrons. The number of carbonyl (C=O) groups is 4. The van der Waals surface area contributed by atoms with Gasteiger partial charge in [0.2, 0.25) is 0 Å². The van der Waals surface area contributed by atoms with Crippen LogP contribution >= 0.6 is 0 Å². The maximum absolute atomic E-state index is 11.2. The lowest BCUT2D eigenvalue weighted by atomic mass is 10.1. The second-order valence-corrected chi connectivity index (χ2v) is 6.76. The molecule has 34 heavy (non-hydrogen) atoms. The van der Waals surface area contributed by atoms with E-state index in [2.05, 4.69) is 9.97 Å². The second kappa shape index (κ2) is 10.1. The van der Waals surface area contributed by atoms with Gasteiger partial charge in [0.1, 0.15) is 24.7 Å². The highest BCUT2D eigenvalue weighted by atomic mass is 16.5. The fourth-order valence-corrected chi connectivity index (χ4v) is 2.76. The summed E-state index contributed by atoms with van der Waals surface area (Å²) in [4.78, 5) is 51.7. The first-order chi connectivity index (χ1) is 16.1. The second-order valence-electron chi connectivity index (χ2n) is 6.76. The van der Waals surface area contributed by atoms with E-state index >= 15 is 0 Å². The Morgan fingerprint density at radius 3 is 1.21 bits per heavy atom. The van der Waals surface area contributed by atoms with Crippen molar-refractivity contribution in [2.75, 3.05) is 0 Å². The lowest BCUT2D eigenvalue weighted by Gasteiger charge is -2.11. The van der Waals surface area contributed by atoms with Crippen molar-refractivity contribution in [3.05, 3.63) is 82.4 Å². The maximum Gasteiger partial charge on any atom is 0.354 e. The smallest absolute Gasteiger partial charge is 0.354 e. The zero-order valence-electron chi connectivity index (χ0n) is 17.2. The molecule has 0 aliphatic carbocycles.